The molecular formula is C15H10F4N2O2S. The molecule has 0 aliphatic heterocycles. The van der Waals surface area contributed by atoms with Crippen LogP contribution in [0.2, 0.25) is 0 Å². The van der Waals surface area contributed by atoms with Gasteiger partial charge in [-0.25, -0.2) is 4.98 Å². The quantitative estimate of drug-likeness (QED) is 0.554. The normalized spacial score (nSPS) is 11.7. The van der Waals surface area contributed by atoms with Crippen molar-refractivity contribution in [3.8, 4) is 17.6 Å². The first-order valence-electron chi connectivity index (χ1n) is 6.47. The standard InChI is InChI=1S/C15H10F4N2O2S/c1-8-7-24-13(21-8)10(6-20)4-9-2-3-11(22-14(16)17)5-12(9)23-15(18)19/h2-5,7,14-15H,1H3/b10-4+. The molecule has 0 bridgehead atoms. The SMILES string of the molecule is Cc1csc(/C(C#N)=C/c2ccc(OC(F)F)cc2OC(F)F)n1. The molecular weight excluding hydrogens is 348 g/mol. The molecule has 0 aliphatic rings. The number of hydrogen-bond acceptors (Lipinski definition) is 5. The summed E-state index contributed by atoms with van der Waals surface area (Å²) < 4.78 is 58.0. The summed E-state index contributed by atoms with van der Waals surface area (Å²) in [6.45, 7) is -4.51. The van der Waals surface area contributed by atoms with Crippen molar-refractivity contribution in [2.45, 2.75) is 20.1 Å². The number of thiazole rings is 1. The Morgan fingerprint density at radius 3 is 2.50 bits per heavy atom. The predicted octanol–water partition coefficient (Wildman–Crippen LogP) is 4.72. The fraction of sp³-hybridized carbons (Fsp3) is 0.200. The van der Waals surface area contributed by atoms with E-state index in [1.807, 2.05) is 6.07 Å². The Bertz CT molecular complexity index is 784. The lowest BCUT2D eigenvalue weighted by Gasteiger charge is -2.11. The highest BCUT2D eigenvalue weighted by Gasteiger charge is 2.14. The van der Waals surface area contributed by atoms with Gasteiger partial charge in [-0.3, -0.25) is 0 Å². The number of rotatable bonds is 6. The number of halogens is 4. The highest BCUT2D eigenvalue weighted by atomic mass is 32.1. The van der Waals surface area contributed by atoms with Crippen LogP contribution < -0.4 is 9.47 Å². The molecule has 2 aromatic rings. The first kappa shape index (κ1) is 17.7. The first-order valence-corrected chi connectivity index (χ1v) is 7.35. The fourth-order valence-corrected chi connectivity index (χ4v) is 2.55. The lowest BCUT2D eigenvalue weighted by Crippen LogP contribution is -2.05. The van der Waals surface area contributed by atoms with Crippen LogP contribution in [-0.4, -0.2) is 18.2 Å². The second kappa shape index (κ2) is 7.79. The largest absolute Gasteiger partial charge is 0.435 e. The van der Waals surface area contributed by atoms with Crippen molar-refractivity contribution in [1.29, 1.82) is 5.26 Å². The molecule has 0 amide bonds. The van der Waals surface area contributed by atoms with Gasteiger partial charge in [0.05, 0.1) is 5.57 Å². The molecule has 0 saturated carbocycles. The number of aromatic nitrogens is 1. The maximum absolute atomic E-state index is 12.5. The summed E-state index contributed by atoms with van der Waals surface area (Å²) in [7, 11) is 0. The van der Waals surface area contributed by atoms with Crippen LogP contribution in [0.4, 0.5) is 17.6 Å². The number of aryl methyl sites for hydroxylation is 1. The van der Waals surface area contributed by atoms with Crippen LogP contribution in [0.5, 0.6) is 11.5 Å². The Morgan fingerprint density at radius 2 is 1.96 bits per heavy atom. The minimum Gasteiger partial charge on any atom is -0.435 e. The molecule has 2 rings (SSSR count). The molecule has 0 radical (unpaired) electrons. The Balaban J connectivity index is 2.43. The summed E-state index contributed by atoms with van der Waals surface area (Å²) in [4.78, 5) is 4.14. The Hall–Kier alpha value is -2.60. The van der Waals surface area contributed by atoms with Crippen LogP contribution >= 0.6 is 11.3 Å². The van der Waals surface area contributed by atoms with Gasteiger partial charge < -0.3 is 9.47 Å². The van der Waals surface area contributed by atoms with E-state index in [0.717, 1.165) is 6.07 Å². The fourth-order valence-electron chi connectivity index (χ4n) is 1.78. The van der Waals surface area contributed by atoms with E-state index >= 15 is 0 Å². The van der Waals surface area contributed by atoms with E-state index in [2.05, 4.69) is 14.5 Å². The van der Waals surface area contributed by atoms with Gasteiger partial charge in [0.2, 0.25) is 0 Å². The van der Waals surface area contributed by atoms with Crippen LogP contribution in [0, 0.1) is 18.3 Å². The van der Waals surface area contributed by atoms with Crippen molar-refractivity contribution in [3.05, 3.63) is 39.8 Å². The number of hydrogen-bond donors (Lipinski definition) is 0. The highest BCUT2D eigenvalue weighted by molar-refractivity contribution is 7.11. The van der Waals surface area contributed by atoms with Gasteiger partial charge in [-0.15, -0.1) is 11.3 Å². The third-order valence-electron chi connectivity index (χ3n) is 2.70. The van der Waals surface area contributed by atoms with Gasteiger partial charge in [-0.05, 0) is 25.1 Å². The van der Waals surface area contributed by atoms with Crippen LogP contribution in [0.15, 0.2) is 23.6 Å². The molecule has 24 heavy (non-hydrogen) atoms. The second-order valence-corrected chi connectivity index (χ2v) is 5.28. The van der Waals surface area contributed by atoms with Crippen LogP contribution in [-0.2, 0) is 0 Å². The van der Waals surface area contributed by atoms with E-state index in [9.17, 15) is 22.8 Å². The number of benzene rings is 1. The molecule has 1 aromatic carbocycles. The molecule has 0 unspecified atom stereocenters. The lowest BCUT2D eigenvalue weighted by molar-refractivity contribution is -0.0543. The average Bonchev–Trinajstić information content (AvgIpc) is 2.91. The molecule has 0 atom stereocenters. The summed E-state index contributed by atoms with van der Waals surface area (Å²) in [5, 5.41) is 11.4. The zero-order valence-corrected chi connectivity index (χ0v) is 13.0. The third kappa shape index (κ3) is 4.70. The molecule has 9 heteroatoms. The first-order chi connectivity index (χ1) is 11.4. The maximum Gasteiger partial charge on any atom is 0.387 e. The molecule has 0 saturated heterocycles. The summed E-state index contributed by atoms with van der Waals surface area (Å²) in [5.74, 6) is -0.717. The monoisotopic (exact) mass is 358 g/mol. The minimum absolute atomic E-state index is 0.112. The Labute approximate surface area is 138 Å². The Morgan fingerprint density at radius 1 is 1.25 bits per heavy atom. The molecule has 1 aromatic heterocycles. The van der Waals surface area contributed by atoms with Crippen molar-refractivity contribution in [2.75, 3.05) is 0 Å². The van der Waals surface area contributed by atoms with E-state index in [1.165, 1.54) is 29.5 Å². The van der Waals surface area contributed by atoms with Crippen molar-refractivity contribution >= 4 is 23.0 Å². The zero-order valence-electron chi connectivity index (χ0n) is 12.2. The minimum atomic E-state index is -3.16. The second-order valence-electron chi connectivity index (χ2n) is 4.42. The van der Waals surface area contributed by atoms with Crippen molar-refractivity contribution in [2.24, 2.45) is 0 Å². The van der Waals surface area contributed by atoms with Crippen molar-refractivity contribution in [3.63, 3.8) is 0 Å². The molecule has 0 fully saturated rings. The summed E-state index contributed by atoms with van der Waals surface area (Å²) in [6, 6.07) is 5.24. The van der Waals surface area contributed by atoms with Gasteiger partial charge in [0, 0.05) is 22.7 Å². The van der Waals surface area contributed by atoms with E-state index in [0.29, 0.717) is 10.7 Å². The zero-order chi connectivity index (χ0) is 17.7. The number of ether oxygens (including phenoxy) is 2. The number of nitrogens with zero attached hydrogens (tertiary/aromatic N) is 2. The average molecular weight is 358 g/mol. The lowest BCUT2D eigenvalue weighted by atomic mass is 10.1. The van der Waals surface area contributed by atoms with Crippen LogP contribution in [0.25, 0.3) is 11.6 Å². The van der Waals surface area contributed by atoms with Gasteiger partial charge in [0.15, 0.2) is 0 Å². The van der Waals surface area contributed by atoms with Crippen LogP contribution in [0.3, 0.4) is 0 Å². The molecule has 0 aliphatic carbocycles. The van der Waals surface area contributed by atoms with E-state index in [-0.39, 0.29) is 22.6 Å². The van der Waals surface area contributed by atoms with E-state index < -0.39 is 13.2 Å². The highest BCUT2D eigenvalue weighted by Crippen LogP contribution is 2.31. The van der Waals surface area contributed by atoms with Crippen molar-refractivity contribution < 1.29 is 27.0 Å². The topological polar surface area (TPSA) is 55.1 Å². The van der Waals surface area contributed by atoms with E-state index in [4.69, 9.17) is 0 Å². The summed E-state index contributed by atoms with van der Waals surface area (Å²) in [5.41, 5.74) is 0.956. The third-order valence-corrected chi connectivity index (χ3v) is 3.69. The van der Waals surface area contributed by atoms with Crippen LogP contribution in [0.1, 0.15) is 16.3 Å². The van der Waals surface area contributed by atoms with Gasteiger partial charge in [0.1, 0.15) is 22.6 Å². The smallest absolute Gasteiger partial charge is 0.387 e. The maximum atomic E-state index is 12.5. The van der Waals surface area contributed by atoms with Gasteiger partial charge in [-0.2, -0.15) is 22.8 Å². The number of nitriles is 1. The van der Waals surface area contributed by atoms with Crippen molar-refractivity contribution in [1.82, 2.24) is 4.98 Å². The molecule has 0 N–H and O–H groups in total. The molecule has 4 nitrogen and oxygen atoms in total. The Kier molecular flexibility index (Phi) is 5.76. The molecule has 126 valence electrons. The van der Waals surface area contributed by atoms with Gasteiger partial charge >= 0.3 is 13.2 Å². The van der Waals surface area contributed by atoms with Gasteiger partial charge in [-0.1, -0.05) is 0 Å². The van der Waals surface area contributed by atoms with E-state index in [1.54, 1.807) is 12.3 Å². The summed E-state index contributed by atoms with van der Waals surface area (Å²) in [6.07, 6.45) is 1.29. The molecule has 1 heterocycles. The predicted molar refractivity (Wildman–Crippen MR) is 80.0 cm³/mol. The number of alkyl halides is 4. The summed E-state index contributed by atoms with van der Waals surface area (Å²) >= 11 is 1.22. The molecule has 0 spiro atoms. The number of allylic oxidation sites excluding steroid dienone is 1. The van der Waals surface area contributed by atoms with Gasteiger partial charge in [0.25, 0.3) is 0 Å².